The van der Waals surface area contributed by atoms with E-state index in [-0.39, 0.29) is 18.8 Å². The van der Waals surface area contributed by atoms with Crippen molar-refractivity contribution in [3.63, 3.8) is 0 Å². The summed E-state index contributed by atoms with van der Waals surface area (Å²) in [5, 5.41) is 22.6. The molecule has 2 unspecified atom stereocenters. The van der Waals surface area contributed by atoms with Gasteiger partial charge in [-0.25, -0.2) is 0 Å². The summed E-state index contributed by atoms with van der Waals surface area (Å²) in [6.07, 6.45) is 4.26. The Bertz CT molecular complexity index is 438. The van der Waals surface area contributed by atoms with Gasteiger partial charge in [0.2, 0.25) is 0 Å². The fourth-order valence-electron chi connectivity index (χ4n) is 3.50. The molecule has 0 heterocycles. The van der Waals surface area contributed by atoms with Gasteiger partial charge in [-0.3, -0.25) is 0 Å². The van der Waals surface area contributed by atoms with Crippen LogP contribution in [0.5, 0.6) is 5.75 Å². The molecule has 1 aliphatic rings. The van der Waals surface area contributed by atoms with E-state index in [1.165, 1.54) is 0 Å². The number of likely N-dealkylation sites (N-methyl/N-ethyl adjacent to an activating group) is 1. The molecule has 1 aromatic carbocycles. The molecule has 0 aromatic heterocycles. The van der Waals surface area contributed by atoms with E-state index in [2.05, 4.69) is 12.2 Å². The van der Waals surface area contributed by atoms with Crippen LogP contribution in [0.15, 0.2) is 24.3 Å². The second kappa shape index (κ2) is 7.78. The Morgan fingerprint density at radius 3 is 2.86 bits per heavy atom. The van der Waals surface area contributed by atoms with Crippen LogP contribution in [-0.4, -0.2) is 35.5 Å². The molecule has 4 nitrogen and oxygen atoms in total. The molecule has 1 fully saturated rings. The lowest BCUT2D eigenvalue weighted by Gasteiger charge is -2.35. The first-order valence-corrected chi connectivity index (χ1v) is 7.93. The smallest absolute Gasteiger partial charge is 0.124 e. The number of hydrogen-bond acceptors (Lipinski definition) is 4. The largest absolute Gasteiger partial charge is 0.493 e. The van der Waals surface area contributed by atoms with Gasteiger partial charge < -0.3 is 20.3 Å². The van der Waals surface area contributed by atoms with Gasteiger partial charge in [-0.2, -0.15) is 0 Å². The minimum absolute atomic E-state index is 0.00241. The molecular formula is C17H27NO3. The van der Waals surface area contributed by atoms with Gasteiger partial charge in [0.25, 0.3) is 0 Å². The first-order chi connectivity index (χ1) is 10.3. The maximum Gasteiger partial charge on any atom is 0.124 e. The fraction of sp³-hybridized carbons (Fsp3) is 0.647. The molecule has 0 spiro atoms. The maximum absolute atomic E-state index is 9.78. The molecule has 0 bridgehead atoms. The highest BCUT2D eigenvalue weighted by Crippen LogP contribution is 2.37. The SMILES string of the molecule is CCNC1(CO)CCCC1CCOc1ccccc1CO. The Hall–Kier alpha value is -1.10. The highest BCUT2D eigenvalue weighted by atomic mass is 16.5. The lowest BCUT2D eigenvalue weighted by molar-refractivity contribution is 0.111. The third-order valence-electron chi connectivity index (χ3n) is 4.63. The molecule has 0 amide bonds. The number of benzene rings is 1. The predicted octanol–water partition coefficient (Wildman–Crippen LogP) is 2.09. The van der Waals surface area contributed by atoms with Crippen molar-refractivity contribution in [1.29, 1.82) is 0 Å². The monoisotopic (exact) mass is 293 g/mol. The average Bonchev–Trinajstić information content (AvgIpc) is 2.91. The Labute approximate surface area is 127 Å². The second-order valence-corrected chi connectivity index (χ2v) is 5.84. The van der Waals surface area contributed by atoms with Gasteiger partial charge in [0.1, 0.15) is 5.75 Å². The molecule has 21 heavy (non-hydrogen) atoms. The topological polar surface area (TPSA) is 61.7 Å². The van der Waals surface area contributed by atoms with Gasteiger partial charge in [-0.1, -0.05) is 31.5 Å². The van der Waals surface area contributed by atoms with Crippen molar-refractivity contribution in [3.05, 3.63) is 29.8 Å². The van der Waals surface area contributed by atoms with Gasteiger partial charge in [-0.15, -0.1) is 0 Å². The Morgan fingerprint density at radius 2 is 2.14 bits per heavy atom. The van der Waals surface area contributed by atoms with E-state index in [4.69, 9.17) is 4.74 Å². The lowest BCUT2D eigenvalue weighted by Crippen LogP contribution is -2.51. The molecule has 3 N–H and O–H groups in total. The molecule has 118 valence electrons. The van der Waals surface area contributed by atoms with Crippen LogP contribution in [0.3, 0.4) is 0 Å². The van der Waals surface area contributed by atoms with Crippen LogP contribution in [0, 0.1) is 5.92 Å². The molecule has 1 aromatic rings. The van der Waals surface area contributed by atoms with E-state index in [1.54, 1.807) is 0 Å². The number of ether oxygens (including phenoxy) is 1. The highest BCUT2D eigenvalue weighted by molar-refractivity contribution is 5.32. The molecule has 2 atom stereocenters. The third-order valence-corrected chi connectivity index (χ3v) is 4.63. The van der Waals surface area contributed by atoms with E-state index in [1.807, 2.05) is 24.3 Å². The summed E-state index contributed by atoms with van der Waals surface area (Å²) in [6, 6.07) is 7.59. The number of aliphatic hydroxyl groups is 2. The van der Waals surface area contributed by atoms with E-state index in [0.29, 0.717) is 12.5 Å². The first-order valence-electron chi connectivity index (χ1n) is 7.93. The molecule has 1 aliphatic carbocycles. The van der Waals surface area contributed by atoms with Crippen molar-refractivity contribution in [3.8, 4) is 5.75 Å². The van der Waals surface area contributed by atoms with Gasteiger partial charge in [0, 0.05) is 11.1 Å². The highest BCUT2D eigenvalue weighted by Gasteiger charge is 2.41. The molecular weight excluding hydrogens is 266 g/mol. The van der Waals surface area contributed by atoms with Gasteiger partial charge in [0.05, 0.1) is 19.8 Å². The lowest BCUT2D eigenvalue weighted by atomic mass is 9.85. The van der Waals surface area contributed by atoms with Crippen molar-refractivity contribution < 1.29 is 14.9 Å². The van der Waals surface area contributed by atoms with Crippen molar-refractivity contribution in [2.75, 3.05) is 19.8 Å². The first kappa shape index (κ1) is 16.3. The maximum atomic E-state index is 9.78. The van der Waals surface area contributed by atoms with Gasteiger partial charge >= 0.3 is 0 Å². The van der Waals surface area contributed by atoms with Crippen molar-refractivity contribution in [2.45, 2.75) is 44.8 Å². The average molecular weight is 293 g/mol. The zero-order chi connectivity index (χ0) is 15.1. The van der Waals surface area contributed by atoms with Crippen LogP contribution < -0.4 is 10.1 Å². The number of hydrogen-bond donors (Lipinski definition) is 3. The van der Waals surface area contributed by atoms with Gasteiger partial charge in [-0.05, 0) is 37.8 Å². The predicted molar refractivity (Wildman–Crippen MR) is 83.3 cm³/mol. The Morgan fingerprint density at radius 1 is 1.33 bits per heavy atom. The second-order valence-electron chi connectivity index (χ2n) is 5.84. The minimum Gasteiger partial charge on any atom is -0.493 e. The Kier molecular flexibility index (Phi) is 6.03. The van der Waals surface area contributed by atoms with Crippen LogP contribution in [-0.2, 0) is 6.61 Å². The Balaban J connectivity index is 1.90. The van der Waals surface area contributed by atoms with Crippen LogP contribution in [0.2, 0.25) is 0 Å². The quantitative estimate of drug-likeness (QED) is 0.687. The summed E-state index contributed by atoms with van der Waals surface area (Å²) in [7, 11) is 0. The van der Waals surface area contributed by atoms with Gasteiger partial charge in [0.15, 0.2) is 0 Å². The van der Waals surface area contributed by atoms with Crippen molar-refractivity contribution in [1.82, 2.24) is 5.32 Å². The standard InChI is InChI=1S/C17H27NO3/c1-2-18-17(13-20)10-5-7-15(17)9-11-21-16-8-4-3-6-14(16)12-19/h3-4,6,8,15,18-20H,2,5,7,9-13H2,1H3. The van der Waals surface area contributed by atoms with E-state index in [0.717, 1.165) is 43.5 Å². The summed E-state index contributed by atoms with van der Waals surface area (Å²) >= 11 is 0. The molecule has 1 saturated carbocycles. The van der Waals surface area contributed by atoms with Crippen LogP contribution >= 0.6 is 0 Å². The fourth-order valence-corrected chi connectivity index (χ4v) is 3.50. The summed E-state index contributed by atoms with van der Waals surface area (Å²) in [6.45, 7) is 3.77. The van der Waals surface area contributed by atoms with Crippen molar-refractivity contribution >= 4 is 0 Å². The van der Waals surface area contributed by atoms with Crippen LogP contribution in [0.4, 0.5) is 0 Å². The normalized spacial score (nSPS) is 25.2. The van der Waals surface area contributed by atoms with Crippen molar-refractivity contribution in [2.24, 2.45) is 5.92 Å². The number of para-hydroxylation sites is 1. The molecule has 0 radical (unpaired) electrons. The minimum atomic E-state index is -0.130. The van der Waals surface area contributed by atoms with Crippen LogP contribution in [0.25, 0.3) is 0 Å². The number of nitrogens with one attached hydrogen (secondary N) is 1. The molecule has 4 heteroatoms. The summed E-state index contributed by atoms with van der Waals surface area (Å²) < 4.78 is 5.84. The number of aliphatic hydroxyl groups excluding tert-OH is 2. The third kappa shape index (κ3) is 3.76. The molecule has 0 saturated heterocycles. The van der Waals surface area contributed by atoms with E-state index in [9.17, 15) is 10.2 Å². The molecule has 0 aliphatic heterocycles. The van der Waals surface area contributed by atoms with E-state index < -0.39 is 0 Å². The zero-order valence-corrected chi connectivity index (χ0v) is 12.8. The summed E-state index contributed by atoms with van der Waals surface area (Å²) in [5.74, 6) is 1.21. The summed E-state index contributed by atoms with van der Waals surface area (Å²) in [5.41, 5.74) is 0.693. The van der Waals surface area contributed by atoms with Crippen LogP contribution in [0.1, 0.15) is 38.2 Å². The molecule has 2 rings (SSSR count). The summed E-state index contributed by atoms with van der Waals surface area (Å²) in [4.78, 5) is 0. The zero-order valence-electron chi connectivity index (χ0n) is 12.8. The van der Waals surface area contributed by atoms with E-state index >= 15 is 0 Å². The number of rotatable bonds is 8.